The lowest BCUT2D eigenvalue weighted by molar-refractivity contribution is -0.123. The lowest BCUT2D eigenvalue weighted by Gasteiger charge is -2.15. The first-order valence-electron chi connectivity index (χ1n) is 9.29. The highest BCUT2D eigenvalue weighted by Gasteiger charge is 2.16. The third kappa shape index (κ3) is 5.13. The van der Waals surface area contributed by atoms with Crippen LogP contribution in [-0.4, -0.2) is 20.9 Å². The molecular weight excluding hydrogens is 388 g/mol. The van der Waals surface area contributed by atoms with Gasteiger partial charge >= 0.3 is 0 Å². The van der Waals surface area contributed by atoms with Gasteiger partial charge in [0.2, 0.25) is 0 Å². The van der Waals surface area contributed by atoms with Crippen LogP contribution >= 0.6 is 0 Å². The van der Waals surface area contributed by atoms with Crippen molar-refractivity contribution in [1.82, 2.24) is 10.3 Å². The Balaban J connectivity index is 1.63. The summed E-state index contributed by atoms with van der Waals surface area (Å²) in [7, 11) is -3.90. The van der Waals surface area contributed by atoms with E-state index in [0.29, 0.717) is 5.75 Å². The van der Waals surface area contributed by atoms with Crippen molar-refractivity contribution >= 4 is 26.7 Å². The van der Waals surface area contributed by atoms with E-state index in [1.165, 1.54) is 6.07 Å². The summed E-state index contributed by atoms with van der Waals surface area (Å²) in [6.07, 6.45) is 0. The van der Waals surface area contributed by atoms with Crippen LogP contribution in [0.2, 0.25) is 0 Å². The molecule has 0 aliphatic rings. The van der Waals surface area contributed by atoms with Crippen LogP contribution in [0.5, 0.6) is 5.75 Å². The van der Waals surface area contributed by atoms with E-state index in [0.717, 1.165) is 21.9 Å². The monoisotopic (exact) mass is 412 g/mol. The van der Waals surface area contributed by atoms with E-state index in [2.05, 4.69) is 10.3 Å². The standard InChI is InChI=1S/C22H24N2O4S/c1-15(2)20-11-8-16(3)12-21(20)28-14-22(25)23-24-29(26,27)19-10-9-17-6-4-5-7-18(17)13-19/h4-13,15,24H,14H2,1-3H3,(H,23,25). The van der Waals surface area contributed by atoms with Crippen LogP contribution in [0.4, 0.5) is 0 Å². The molecule has 0 aliphatic carbocycles. The van der Waals surface area contributed by atoms with Crippen LogP contribution in [0.15, 0.2) is 65.6 Å². The first kappa shape index (κ1) is 20.8. The molecule has 2 N–H and O–H groups in total. The molecule has 0 heterocycles. The molecule has 0 radical (unpaired) electrons. The van der Waals surface area contributed by atoms with Gasteiger partial charge in [0.25, 0.3) is 15.9 Å². The summed E-state index contributed by atoms with van der Waals surface area (Å²) >= 11 is 0. The number of amides is 1. The van der Waals surface area contributed by atoms with E-state index >= 15 is 0 Å². The van der Waals surface area contributed by atoms with Gasteiger partial charge in [-0.25, -0.2) is 8.42 Å². The quantitative estimate of drug-likeness (QED) is 0.580. The summed E-state index contributed by atoms with van der Waals surface area (Å²) < 4.78 is 30.6. The summed E-state index contributed by atoms with van der Waals surface area (Å²) in [5.74, 6) is 0.262. The zero-order valence-corrected chi connectivity index (χ0v) is 17.4. The number of ether oxygens (including phenoxy) is 1. The molecule has 0 saturated heterocycles. The van der Waals surface area contributed by atoms with Gasteiger partial charge in [-0.3, -0.25) is 10.2 Å². The molecular formula is C22H24N2O4S. The fourth-order valence-electron chi connectivity index (χ4n) is 2.94. The van der Waals surface area contributed by atoms with Crippen LogP contribution in [0.1, 0.15) is 30.9 Å². The second-order valence-electron chi connectivity index (χ2n) is 7.15. The number of benzene rings is 3. The number of carbonyl (C=O) groups is 1. The third-order valence-corrected chi connectivity index (χ3v) is 5.75. The Kier molecular flexibility index (Phi) is 6.20. The Labute approximate surface area is 170 Å². The van der Waals surface area contributed by atoms with E-state index in [1.807, 2.05) is 63.2 Å². The highest BCUT2D eigenvalue weighted by Crippen LogP contribution is 2.27. The predicted octanol–water partition coefficient (Wildman–Crippen LogP) is 3.66. The number of sulfonamides is 1. The maximum Gasteiger partial charge on any atom is 0.272 e. The van der Waals surface area contributed by atoms with Gasteiger partial charge in [0.1, 0.15) is 5.75 Å². The van der Waals surface area contributed by atoms with Gasteiger partial charge in [-0.05, 0) is 52.9 Å². The van der Waals surface area contributed by atoms with Gasteiger partial charge in [-0.1, -0.05) is 56.3 Å². The second-order valence-corrected chi connectivity index (χ2v) is 8.83. The molecule has 3 rings (SSSR count). The normalized spacial score (nSPS) is 11.6. The fraction of sp³-hybridized carbons (Fsp3) is 0.227. The molecule has 0 unspecified atom stereocenters. The van der Waals surface area contributed by atoms with Crippen molar-refractivity contribution in [3.8, 4) is 5.75 Å². The maximum absolute atomic E-state index is 12.5. The summed E-state index contributed by atoms with van der Waals surface area (Å²) in [5.41, 5.74) is 4.20. The second kappa shape index (κ2) is 8.63. The summed E-state index contributed by atoms with van der Waals surface area (Å²) in [6, 6.07) is 18.0. The highest BCUT2D eigenvalue weighted by atomic mass is 32.2. The number of hydrogen-bond acceptors (Lipinski definition) is 4. The number of rotatable bonds is 7. The number of fused-ring (bicyclic) bond motifs is 1. The number of nitrogens with one attached hydrogen (secondary N) is 2. The first-order chi connectivity index (χ1) is 13.8. The Hall–Kier alpha value is -2.90. The topological polar surface area (TPSA) is 84.5 Å². The smallest absolute Gasteiger partial charge is 0.272 e. The molecule has 152 valence electrons. The molecule has 0 atom stereocenters. The van der Waals surface area contributed by atoms with Crippen LogP contribution in [0, 0.1) is 6.92 Å². The van der Waals surface area contributed by atoms with Crippen molar-refractivity contribution in [3.05, 3.63) is 71.8 Å². The molecule has 0 aromatic heterocycles. The Morgan fingerprint density at radius 1 is 1.00 bits per heavy atom. The number of carbonyl (C=O) groups excluding carboxylic acids is 1. The average molecular weight is 413 g/mol. The van der Waals surface area contributed by atoms with E-state index in [4.69, 9.17) is 4.74 Å². The summed E-state index contributed by atoms with van der Waals surface area (Å²) in [5, 5.41) is 1.73. The predicted molar refractivity (Wildman–Crippen MR) is 113 cm³/mol. The Morgan fingerprint density at radius 2 is 1.72 bits per heavy atom. The van der Waals surface area contributed by atoms with Gasteiger partial charge < -0.3 is 4.74 Å². The molecule has 0 bridgehead atoms. The molecule has 7 heteroatoms. The van der Waals surface area contributed by atoms with Gasteiger partial charge in [-0.15, -0.1) is 4.83 Å². The molecule has 0 saturated carbocycles. The Morgan fingerprint density at radius 3 is 2.45 bits per heavy atom. The zero-order valence-electron chi connectivity index (χ0n) is 16.6. The summed E-state index contributed by atoms with van der Waals surface area (Å²) in [6.45, 7) is 5.71. The van der Waals surface area contributed by atoms with E-state index in [1.54, 1.807) is 12.1 Å². The molecule has 3 aromatic carbocycles. The maximum atomic E-state index is 12.5. The average Bonchev–Trinajstić information content (AvgIpc) is 2.70. The summed E-state index contributed by atoms with van der Waals surface area (Å²) in [4.78, 5) is 14.3. The lowest BCUT2D eigenvalue weighted by atomic mass is 10.0. The molecule has 29 heavy (non-hydrogen) atoms. The van der Waals surface area contributed by atoms with Crippen LogP contribution in [0.3, 0.4) is 0 Å². The molecule has 6 nitrogen and oxygen atoms in total. The van der Waals surface area contributed by atoms with Gasteiger partial charge in [0.15, 0.2) is 6.61 Å². The minimum atomic E-state index is -3.90. The number of aryl methyl sites for hydroxylation is 1. The van der Waals surface area contributed by atoms with Crippen molar-refractivity contribution < 1.29 is 17.9 Å². The molecule has 1 amide bonds. The highest BCUT2D eigenvalue weighted by molar-refractivity contribution is 7.89. The van der Waals surface area contributed by atoms with E-state index in [9.17, 15) is 13.2 Å². The third-order valence-electron chi connectivity index (χ3n) is 4.51. The lowest BCUT2D eigenvalue weighted by Crippen LogP contribution is -2.43. The van der Waals surface area contributed by atoms with Crippen molar-refractivity contribution in [2.24, 2.45) is 0 Å². The van der Waals surface area contributed by atoms with Crippen molar-refractivity contribution in [1.29, 1.82) is 0 Å². The molecule has 0 fully saturated rings. The van der Waals surface area contributed by atoms with Crippen LogP contribution in [-0.2, 0) is 14.8 Å². The molecule has 0 spiro atoms. The molecule has 3 aromatic rings. The van der Waals surface area contributed by atoms with Crippen LogP contribution < -0.4 is 15.0 Å². The minimum absolute atomic E-state index is 0.0678. The van der Waals surface area contributed by atoms with Gasteiger partial charge in [-0.2, -0.15) is 0 Å². The minimum Gasteiger partial charge on any atom is -0.483 e. The number of hydrogen-bond donors (Lipinski definition) is 2. The SMILES string of the molecule is Cc1ccc(C(C)C)c(OCC(=O)NNS(=O)(=O)c2ccc3ccccc3c2)c1. The Bertz CT molecular complexity index is 1140. The van der Waals surface area contributed by atoms with Crippen molar-refractivity contribution in [3.63, 3.8) is 0 Å². The zero-order chi connectivity index (χ0) is 21.0. The van der Waals surface area contributed by atoms with E-state index in [-0.39, 0.29) is 17.4 Å². The largest absolute Gasteiger partial charge is 0.483 e. The van der Waals surface area contributed by atoms with Crippen LogP contribution in [0.25, 0.3) is 10.8 Å². The fourth-order valence-corrected chi connectivity index (χ4v) is 3.84. The molecule has 0 aliphatic heterocycles. The van der Waals surface area contributed by atoms with Crippen molar-refractivity contribution in [2.75, 3.05) is 6.61 Å². The van der Waals surface area contributed by atoms with E-state index < -0.39 is 15.9 Å². The van der Waals surface area contributed by atoms with Crippen molar-refractivity contribution in [2.45, 2.75) is 31.6 Å². The number of hydrazine groups is 1. The first-order valence-corrected chi connectivity index (χ1v) is 10.8. The van der Waals surface area contributed by atoms with Gasteiger partial charge in [0, 0.05) is 0 Å². The van der Waals surface area contributed by atoms with Gasteiger partial charge in [0.05, 0.1) is 4.90 Å².